The number of rotatable bonds is 1. The zero-order valence-electron chi connectivity index (χ0n) is 7.73. The molecule has 2 rings (SSSR count). The van der Waals surface area contributed by atoms with Gasteiger partial charge in [-0.05, 0) is 5.56 Å². The summed E-state index contributed by atoms with van der Waals surface area (Å²) in [6.07, 6.45) is 0.617. The van der Waals surface area contributed by atoms with Crippen molar-refractivity contribution in [2.45, 2.75) is 13.0 Å². The third-order valence-electron chi connectivity index (χ3n) is 1.97. The Morgan fingerprint density at radius 3 is 2.64 bits per heavy atom. The number of ether oxygens (including phenoxy) is 1. The Morgan fingerprint density at radius 2 is 2.07 bits per heavy atom. The van der Waals surface area contributed by atoms with Gasteiger partial charge in [-0.2, -0.15) is 11.3 Å². The van der Waals surface area contributed by atoms with Gasteiger partial charge in [0.05, 0.1) is 13.2 Å². The molecule has 0 aliphatic carbocycles. The van der Waals surface area contributed by atoms with Crippen molar-refractivity contribution in [1.82, 2.24) is 0 Å². The van der Waals surface area contributed by atoms with Crippen molar-refractivity contribution in [3.63, 3.8) is 0 Å². The molecule has 0 saturated heterocycles. The molecule has 0 radical (unpaired) electrons. The number of thiophene rings is 1. The molecule has 1 nitrogen and oxygen atoms in total. The third-order valence-corrected chi connectivity index (χ3v) is 3.30. The summed E-state index contributed by atoms with van der Waals surface area (Å²) >= 11 is 0.865. The average molecular weight is 246 g/mol. The predicted molar refractivity (Wildman–Crippen MR) is 46.4 cm³/mol. The Hall–Kier alpha value is 1.15. The van der Waals surface area contributed by atoms with Crippen molar-refractivity contribution in [2.75, 3.05) is 6.61 Å². The van der Waals surface area contributed by atoms with Crippen LogP contribution in [0.15, 0.2) is 6.07 Å². The molecule has 0 atom stereocenters. The fourth-order valence-electron chi connectivity index (χ4n) is 1.33. The molecule has 1 aromatic heterocycles. The van der Waals surface area contributed by atoms with Gasteiger partial charge in [0, 0.05) is 11.3 Å². The van der Waals surface area contributed by atoms with Crippen LogP contribution < -0.4 is 56.2 Å². The molecule has 0 aromatic carbocycles. The molecule has 0 spiro atoms. The average Bonchev–Trinajstić information content (AvgIpc) is 2.45. The van der Waals surface area contributed by atoms with Crippen LogP contribution >= 0.6 is 11.3 Å². The number of fused-ring (bicyclic) bond motifs is 1. The maximum Gasteiger partial charge on any atom is 1.00 e. The first kappa shape index (κ1) is 13.2. The normalized spacial score (nSPS) is 15.9. The van der Waals surface area contributed by atoms with E-state index in [1.165, 1.54) is 6.07 Å². The first-order valence-corrected chi connectivity index (χ1v) is 4.78. The molecule has 0 unspecified atom stereocenters. The fourth-order valence-corrected chi connectivity index (χ4v) is 2.39. The van der Waals surface area contributed by atoms with E-state index in [2.05, 4.69) is 0 Å². The van der Waals surface area contributed by atoms with Crippen LogP contribution in [0.25, 0.3) is 0 Å². The monoisotopic (exact) mass is 246 g/mol. The molecular weight excluding hydrogens is 239 g/mol. The van der Waals surface area contributed by atoms with Crippen molar-refractivity contribution >= 4 is 23.1 Å². The summed E-state index contributed by atoms with van der Waals surface area (Å²) in [6, 6.07) is 1.22. The van der Waals surface area contributed by atoms with E-state index in [0.29, 0.717) is 25.2 Å². The summed E-state index contributed by atoms with van der Waals surface area (Å²) in [5.74, 6) is 0. The maximum atomic E-state index is 12.3. The smallest absolute Gasteiger partial charge is 0.444 e. The largest absolute Gasteiger partial charge is 1.00 e. The van der Waals surface area contributed by atoms with Gasteiger partial charge in [0.25, 0.3) is 0 Å². The van der Waals surface area contributed by atoms with Crippen LogP contribution in [0.2, 0.25) is 0 Å². The first-order chi connectivity index (χ1) is 6.07. The molecule has 14 heavy (non-hydrogen) atoms. The van der Waals surface area contributed by atoms with Crippen molar-refractivity contribution in [3.8, 4) is 0 Å². The molecule has 72 valence electrons. The predicted octanol–water partition coefficient (Wildman–Crippen LogP) is -1.12. The Morgan fingerprint density at radius 1 is 1.36 bits per heavy atom. The Bertz CT molecular complexity index is 302. The van der Waals surface area contributed by atoms with Gasteiger partial charge in [0.15, 0.2) is 0 Å². The third kappa shape index (κ3) is 2.84. The van der Waals surface area contributed by atoms with Gasteiger partial charge in [-0.1, -0.05) is 10.8 Å². The van der Waals surface area contributed by atoms with Gasteiger partial charge in [-0.3, -0.25) is 0 Å². The van der Waals surface area contributed by atoms with E-state index in [9.17, 15) is 12.9 Å². The van der Waals surface area contributed by atoms with Crippen LogP contribution in [0.3, 0.4) is 0 Å². The van der Waals surface area contributed by atoms with E-state index in [1.807, 2.05) is 0 Å². The van der Waals surface area contributed by atoms with Crippen LogP contribution in [0, 0.1) is 0 Å². The number of halogens is 3. The Kier molecular flexibility index (Phi) is 4.71. The second-order valence-electron chi connectivity index (χ2n) is 2.97. The van der Waals surface area contributed by atoms with E-state index in [1.54, 1.807) is 0 Å². The Balaban J connectivity index is 0.000000980. The summed E-state index contributed by atoms with van der Waals surface area (Å²) in [7, 11) is 0. The zero-order chi connectivity index (χ0) is 9.47. The first-order valence-electron chi connectivity index (χ1n) is 3.96. The standard InChI is InChI=1S/C7H7BF3OS.K/c9-8(10,11)7-3-5-4-12-2-1-6(5)13-7;/h3H,1-2,4H2;/q-1;+1. The minimum atomic E-state index is -4.83. The van der Waals surface area contributed by atoms with Gasteiger partial charge >= 0.3 is 58.4 Å². The van der Waals surface area contributed by atoms with Crippen molar-refractivity contribution in [1.29, 1.82) is 0 Å². The van der Waals surface area contributed by atoms with E-state index in [4.69, 9.17) is 4.74 Å². The van der Waals surface area contributed by atoms with Gasteiger partial charge in [-0.15, -0.1) is 0 Å². The molecule has 0 fully saturated rings. The van der Waals surface area contributed by atoms with Crippen LogP contribution in [0.4, 0.5) is 12.9 Å². The maximum absolute atomic E-state index is 12.3. The summed E-state index contributed by atoms with van der Waals surface area (Å²) in [5.41, 5.74) is 0.713. The minimum Gasteiger partial charge on any atom is -0.444 e. The molecule has 0 N–H and O–H groups in total. The second kappa shape index (κ2) is 4.99. The number of hydrogen-bond donors (Lipinski definition) is 0. The van der Waals surface area contributed by atoms with Crippen molar-refractivity contribution in [3.05, 3.63) is 16.5 Å². The quantitative estimate of drug-likeness (QED) is 0.570. The Labute approximate surface area is 126 Å². The summed E-state index contributed by atoms with van der Waals surface area (Å²) in [5, 5.41) is 0. The molecule has 2 heterocycles. The van der Waals surface area contributed by atoms with Gasteiger partial charge in [-0.25, -0.2) is 0 Å². The molecular formula is C7H7BF3KOS. The topological polar surface area (TPSA) is 9.23 Å². The van der Waals surface area contributed by atoms with Gasteiger partial charge < -0.3 is 17.7 Å². The molecule has 1 aliphatic rings. The molecule has 0 saturated carbocycles. The van der Waals surface area contributed by atoms with E-state index < -0.39 is 11.8 Å². The summed E-state index contributed by atoms with van der Waals surface area (Å²) < 4.78 is 41.5. The second-order valence-corrected chi connectivity index (χ2v) is 4.14. The van der Waals surface area contributed by atoms with Crippen molar-refractivity contribution < 1.29 is 69.1 Å². The van der Waals surface area contributed by atoms with E-state index >= 15 is 0 Å². The molecule has 1 aliphatic heterocycles. The SMILES string of the molecule is F[B-](F)(F)c1cc2c(s1)CCOC2.[K+]. The van der Waals surface area contributed by atoms with E-state index in [0.717, 1.165) is 16.2 Å². The van der Waals surface area contributed by atoms with Gasteiger partial charge in [0.1, 0.15) is 0 Å². The van der Waals surface area contributed by atoms with Gasteiger partial charge in [0.2, 0.25) is 0 Å². The van der Waals surface area contributed by atoms with Crippen LogP contribution in [0.1, 0.15) is 10.4 Å². The summed E-state index contributed by atoms with van der Waals surface area (Å²) in [6.45, 7) is -3.96. The molecule has 1 aromatic rings. The van der Waals surface area contributed by atoms with E-state index in [-0.39, 0.29) is 51.4 Å². The zero-order valence-corrected chi connectivity index (χ0v) is 11.7. The number of hydrogen-bond acceptors (Lipinski definition) is 2. The minimum absolute atomic E-state index is 0. The van der Waals surface area contributed by atoms with Crippen LogP contribution in [0.5, 0.6) is 0 Å². The fraction of sp³-hybridized carbons (Fsp3) is 0.429. The van der Waals surface area contributed by atoms with Crippen LogP contribution in [-0.2, 0) is 17.8 Å². The van der Waals surface area contributed by atoms with Crippen molar-refractivity contribution in [2.24, 2.45) is 0 Å². The summed E-state index contributed by atoms with van der Waals surface area (Å²) in [4.78, 5) is 0.834. The van der Waals surface area contributed by atoms with Crippen LogP contribution in [-0.4, -0.2) is 13.6 Å². The molecule has 0 bridgehead atoms. The molecule has 7 heteroatoms. The molecule has 0 amide bonds.